The Morgan fingerprint density at radius 3 is 2.56 bits per heavy atom. The van der Waals surface area contributed by atoms with Crippen LogP contribution in [0.3, 0.4) is 0 Å². The quantitative estimate of drug-likeness (QED) is 0.311. The van der Waals surface area contributed by atoms with E-state index in [4.69, 9.17) is 22.1 Å². The molecule has 2 heterocycles. The predicted molar refractivity (Wildman–Crippen MR) is 140 cm³/mol. The van der Waals surface area contributed by atoms with Crippen LogP contribution >= 0.6 is 22.9 Å². The second-order valence-electron chi connectivity index (χ2n) is 7.97. The molecule has 36 heavy (non-hydrogen) atoms. The molecular formula is C26H24ClN5O3S. The van der Waals surface area contributed by atoms with E-state index in [1.165, 1.54) is 17.5 Å². The first-order chi connectivity index (χ1) is 17.4. The van der Waals surface area contributed by atoms with Crippen molar-refractivity contribution >= 4 is 39.9 Å². The van der Waals surface area contributed by atoms with Crippen LogP contribution < -0.4 is 15.8 Å². The molecule has 0 atom stereocenters. The predicted octanol–water partition coefficient (Wildman–Crippen LogP) is 4.72. The van der Waals surface area contributed by atoms with E-state index in [2.05, 4.69) is 20.5 Å². The van der Waals surface area contributed by atoms with Crippen molar-refractivity contribution in [3.05, 3.63) is 87.6 Å². The number of hydrogen-bond acceptors (Lipinski definition) is 7. The number of carbonyl (C=O) groups is 2. The Balaban J connectivity index is 1.54. The first kappa shape index (κ1) is 25.3. The normalized spacial score (nSPS) is 10.7. The third-order valence-electron chi connectivity index (χ3n) is 5.46. The molecule has 0 aliphatic heterocycles. The number of methoxy groups -OCH3 is 1. The fourth-order valence-corrected chi connectivity index (χ4v) is 4.49. The van der Waals surface area contributed by atoms with Gasteiger partial charge in [-0.2, -0.15) is 0 Å². The third-order valence-corrected chi connectivity index (χ3v) is 6.61. The topological polar surface area (TPSA) is 120 Å². The Morgan fingerprint density at radius 2 is 1.81 bits per heavy atom. The maximum atomic E-state index is 13.3. The van der Waals surface area contributed by atoms with Crippen LogP contribution in [0.5, 0.6) is 5.75 Å². The fourth-order valence-electron chi connectivity index (χ4n) is 3.63. The first-order valence-corrected chi connectivity index (χ1v) is 12.4. The van der Waals surface area contributed by atoms with Gasteiger partial charge in [-0.15, -0.1) is 10.2 Å². The maximum Gasteiger partial charge on any atom is 0.259 e. The maximum absolute atomic E-state index is 13.3. The molecule has 0 aliphatic rings. The second-order valence-corrected chi connectivity index (χ2v) is 9.47. The van der Waals surface area contributed by atoms with Crippen molar-refractivity contribution in [3.63, 3.8) is 0 Å². The van der Waals surface area contributed by atoms with Crippen LogP contribution in [0, 0.1) is 0 Å². The summed E-state index contributed by atoms with van der Waals surface area (Å²) in [4.78, 5) is 28.9. The molecule has 2 aromatic heterocycles. The summed E-state index contributed by atoms with van der Waals surface area (Å²) in [5, 5.41) is 13.1. The fraction of sp³-hybridized carbons (Fsp3) is 0.192. The van der Waals surface area contributed by atoms with Gasteiger partial charge in [0.2, 0.25) is 11.0 Å². The number of para-hydroxylation sites is 1. The first-order valence-electron chi connectivity index (χ1n) is 11.2. The number of nitrogens with zero attached hydrogens (tertiary/aromatic N) is 3. The highest BCUT2D eigenvalue weighted by atomic mass is 35.5. The van der Waals surface area contributed by atoms with Gasteiger partial charge in [-0.25, -0.2) is 0 Å². The van der Waals surface area contributed by atoms with Crippen molar-refractivity contribution in [2.24, 2.45) is 5.73 Å². The zero-order chi connectivity index (χ0) is 25.5. The van der Waals surface area contributed by atoms with Crippen molar-refractivity contribution in [1.82, 2.24) is 15.2 Å². The molecule has 0 bridgehead atoms. The lowest BCUT2D eigenvalue weighted by molar-refractivity contribution is -0.118. The highest BCUT2D eigenvalue weighted by Gasteiger charge is 2.19. The van der Waals surface area contributed by atoms with Crippen LogP contribution in [0.25, 0.3) is 11.1 Å². The molecular weight excluding hydrogens is 498 g/mol. The standard InChI is InChI=1S/C26H24ClN5O3S/c1-35-22-5-3-2-4-19(22)20-14-18(11-12-23(28)33)29-15-21(20)25(34)30-26-32-31-24(36-26)13-8-16-6-9-17(27)10-7-16/h2-7,9-10,14-15H,8,11-13H2,1H3,(H2,28,33)(H,30,32,34). The number of halogens is 1. The molecule has 8 nitrogen and oxygen atoms in total. The van der Waals surface area contributed by atoms with Gasteiger partial charge < -0.3 is 10.5 Å². The zero-order valence-corrected chi connectivity index (χ0v) is 21.1. The van der Waals surface area contributed by atoms with Gasteiger partial charge in [0.15, 0.2) is 0 Å². The Morgan fingerprint density at radius 1 is 1.03 bits per heavy atom. The van der Waals surface area contributed by atoms with Gasteiger partial charge >= 0.3 is 0 Å². The Bertz CT molecular complexity index is 1370. The molecule has 0 saturated heterocycles. The van der Waals surface area contributed by atoms with Crippen LogP contribution in [-0.2, 0) is 24.1 Å². The Labute approximate surface area is 217 Å². The Kier molecular flexibility index (Phi) is 8.24. The third kappa shape index (κ3) is 6.44. The molecule has 4 aromatic rings. The number of benzene rings is 2. The number of rotatable bonds is 10. The number of anilines is 1. The van der Waals surface area contributed by atoms with Gasteiger partial charge in [-0.3, -0.25) is 19.9 Å². The summed E-state index contributed by atoms with van der Waals surface area (Å²) in [7, 11) is 1.57. The van der Waals surface area contributed by atoms with Crippen LogP contribution in [-0.4, -0.2) is 34.1 Å². The van der Waals surface area contributed by atoms with Crippen molar-refractivity contribution < 1.29 is 14.3 Å². The van der Waals surface area contributed by atoms with E-state index in [1.54, 1.807) is 13.2 Å². The number of carbonyl (C=O) groups excluding carboxylic acids is 2. The van der Waals surface area contributed by atoms with Gasteiger partial charge in [0, 0.05) is 40.9 Å². The van der Waals surface area contributed by atoms with E-state index in [1.807, 2.05) is 48.5 Å². The minimum absolute atomic E-state index is 0.160. The largest absolute Gasteiger partial charge is 0.496 e. The summed E-state index contributed by atoms with van der Waals surface area (Å²) in [6, 6.07) is 16.8. The molecule has 0 unspecified atom stereocenters. The van der Waals surface area contributed by atoms with Crippen molar-refractivity contribution in [2.45, 2.75) is 25.7 Å². The van der Waals surface area contributed by atoms with Gasteiger partial charge in [0.25, 0.3) is 5.91 Å². The monoisotopic (exact) mass is 521 g/mol. The average molecular weight is 522 g/mol. The molecule has 0 saturated carbocycles. The van der Waals surface area contributed by atoms with Crippen LogP contribution in [0.4, 0.5) is 5.13 Å². The zero-order valence-electron chi connectivity index (χ0n) is 19.5. The van der Waals surface area contributed by atoms with E-state index in [0.29, 0.717) is 45.6 Å². The lowest BCUT2D eigenvalue weighted by Gasteiger charge is -2.13. The number of nitrogens with two attached hydrogens (primary N) is 1. The van der Waals surface area contributed by atoms with Crippen LogP contribution in [0.1, 0.15) is 33.0 Å². The van der Waals surface area contributed by atoms with E-state index < -0.39 is 5.91 Å². The van der Waals surface area contributed by atoms with E-state index in [0.717, 1.165) is 22.6 Å². The number of ether oxygens (including phenoxy) is 1. The van der Waals surface area contributed by atoms with Gasteiger partial charge in [0.05, 0.1) is 12.7 Å². The van der Waals surface area contributed by atoms with Crippen molar-refractivity contribution in [1.29, 1.82) is 0 Å². The molecule has 4 rings (SSSR count). The number of aryl methyl sites for hydroxylation is 3. The number of primary amides is 1. The van der Waals surface area contributed by atoms with Crippen molar-refractivity contribution in [3.8, 4) is 16.9 Å². The minimum Gasteiger partial charge on any atom is -0.496 e. The summed E-state index contributed by atoms with van der Waals surface area (Å²) in [6.45, 7) is 0. The summed E-state index contributed by atoms with van der Waals surface area (Å²) in [6.07, 6.45) is 3.50. The van der Waals surface area contributed by atoms with Gasteiger partial charge in [-0.1, -0.05) is 53.3 Å². The molecule has 0 fully saturated rings. The smallest absolute Gasteiger partial charge is 0.259 e. The summed E-state index contributed by atoms with van der Waals surface area (Å²) >= 11 is 7.27. The number of pyridine rings is 1. The van der Waals surface area contributed by atoms with Crippen molar-refractivity contribution in [2.75, 3.05) is 12.4 Å². The SMILES string of the molecule is COc1ccccc1-c1cc(CCC(N)=O)ncc1C(=O)Nc1nnc(CCc2ccc(Cl)cc2)s1. The number of aromatic nitrogens is 3. The summed E-state index contributed by atoms with van der Waals surface area (Å²) < 4.78 is 5.51. The number of amides is 2. The molecule has 0 spiro atoms. The van der Waals surface area contributed by atoms with Gasteiger partial charge in [0.1, 0.15) is 10.8 Å². The molecule has 3 N–H and O–H groups in total. The van der Waals surface area contributed by atoms with Gasteiger partial charge in [-0.05, 0) is 42.7 Å². The van der Waals surface area contributed by atoms with E-state index in [-0.39, 0.29) is 12.3 Å². The second kappa shape index (κ2) is 11.7. The van der Waals surface area contributed by atoms with Crippen LogP contribution in [0.2, 0.25) is 5.02 Å². The number of nitrogens with one attached hydrogen (secondary N) is 1. The molecule has 2 aromatic carbocycles. The molecule has 2 amide bonds. The summed E-state index contributed by atoms with van der Waals surface area (Å²) in [5.41, 5.74) is 8.79. The van der Waals surface area contributed by atoms with Crippen LogP contribution in [0.15, 0.2) is 60.8 Å². The Hall–Kier alpha value is -3.82. The summed E-state index contributed by atoms with van der Waals surface area (Å²) in [5.74, 6) is -0.176. The minimum atomic E-state index is -0.416. The lowest BCUT2D eigenvalue weighted by atomic mass is 9.98. The highest BCUT2D eigenvalue weighted by molar-refractivity contribution is 7.15. The molecule has 0 aliphatic carbocycles. The average Bonchev–Trinajstić information content (AvgIpc) is 3.34. The molecule has 10 heteroatoms. The lowest BCUT2D eigenvalue weighted by Crippen LogP contribution is -2.15. The number of hydrogen-bond donors (Lipinski definition) is 2. The molecule has 0 radical (unpaired) electrons. The van der Waals surface area contributed by atoms with E-state index in [9.17, 15) is 9.59 Å². The van der Waals surface area contributed by atoms with E-state index >= 15 is 0 Å². The highest BCUT2D eigenvalue weighted by Crippen LogP contribution is 2.33. The molecule has 184 valence electrons.